The van der Waals surface area contributed by atoms with Crippen molar-refractivity contribution >= 4 is 11.8 Å². The van der Waals surface area contributed by atoms with Gasteiger partial charge in [0.2, 0.25) is 5.89 Å². The predicted molar refractivity (Wildman–Crippen MR) is 74.3 cm³/mol. The first-order valence-corrected chi connectivity index (χ1v) is 7.19. The summed E-state index contributed by atoms with van der Waals surface area (Å²) in [5.74, 6) is 1.34. The predicted octanol–water partition coefficient (Wildman–Crippen LogP) is 1.02. The maximum absolute atomic E-state index is 11.6. The third kappa shape index (κ3) is 3.10. The summed E-state index contributed by atoms with van der Waals surface area (Å²) in [6.07, 6.45) is 0. The number of rotatable bonds is 5. The second kappa shape index (κ2) is 5.41. The van der Waals surface area contributed by atoms with Crippen LogP contribution in [0.1, 0.15) is 45.5 Å². The molecular weight excluding hydrogens is 280 g/mol. The van der Waals surface area contributed by atoms with Crippen molar-refractivity contribution in [3.8, 4) is 0 Å². The highest BCUT2D eigenvalue weighted by molar-refractivity contribution is 7.98. The van der Waals surface area contributed by atoms with Crippen LogP contribution in [0.25, 0.3) is 0 Å². The Morgan fingerprint density at radius 1 is 1.50 bits per heavy atom. The van der Waals surface area contributed by atoms with Gasteiger partial charge in [0.25, 0.3) is 0 Å². The highest BCUT2D eigenvalue weighted by atomic mass is 32.2. The fourth-order valence-corrected chi connectivity index (χ4v) is 2.46. The second-order valence-corrected chi connectivity index (χ2v) is 6.24. The van der Waals surface area contributed by atoms with E-state index in [0.29, 0.717) is 22.6 Å². The minimum Gasteiger partial charge on any atom is -0.338 e. The van der Waals surface area contributed by atoms with Crippen LogP contribution < -0.4 is 11.4 Å². The zero-order valence-electron chi connectivity index (χ0n) is 11.9. The lowest BCUT2D eigenvalue weighted by Gasteiger charge is -2.11. The van der Waals surface area contributed by atoms with Crippen LogP contribution in [0.5, 0.6) is 0 Å². The van der Waals surface area contributed by atoms with Gasteiger partial charge in [-0.15, -0.1) is 5.10 Å². The quantitative estimate of drug-likeness (QED) is 0.792. The first-order chi connectivity index (χ1) is 9.29. The number of nitrogens with two attached hydrogens (primary N) is 1. The Labute approximate surface area is 120 Å². The maximum atomic E-state index is 11.6. The topological polar surface area (TPSA) is 116 Å². The molecule has 110 valence electrons. The van der Waals surface area contributed by atoms with Crippen molar-refractivity contribution in [1.82, 2.24) is 24.9 Å². The molecule has 0 amide bonds. The summed E-state index contributed by atoms with van der Waals surface area (Å²) in [5, 5.41) is 10.9. The molecule has 0 unspecified atom stereocenters. The molecule has 0 bridgehead atoms. The highest BCUT2D eigenvalue weighted by Crippen LogP contribution is 2.22. The van der Waals surface area contributed by atoms with E-state index in [1.807, 2.05) is 13.8 Å². The second-order valence-electron chi connectivity index (χ2n) is 5.30. The molecule has 2 aromatic heterocycles. The van der Waals surface area contributed by atoms with Crippen LogP contribution >= 0.6 is 11.8 Å². The minimum atomic E-state index is -0.640. The van der Waals surface area contributed by atoms with Gasteiger partial charge in [-0.2, -0.15) is 4.98 Å². The van der Waals surface area contributed by atoms with Crippen molar-refractivity contribution in [2.24, 2.45) is 5.73 Å². The largest absolute Gasteiger partial charge is 0.344 e. The Balaban J connectivity index is 2.10. The molecule has 9 heteroatoms. The van der Waals surface area contributed by atoms with Crippen molar-refractivity contribution in [1.29, 1.82) is 0 Å². The van der Waals surface area contributed by atoms with Gasteiger partial charge < -0.3 is 10.3 Å². The smallest absolute Gasteiger partial charge is 0.338 e. The maximum Gasteiger partial charge on any atom is 0.344 e. The molecule has 2 rings (SSSR count). The lowest BCUT2D eigenvalue weighted by molar-refractivity contribution is 0.369. The van der Waals surface area contributed by atoms with Crippen LogP contribution in [-0.2, 0) is 11.3 Å². The number of thioether (sulfide) groups is 1. The Hall–Kier alpha value is -1.61. The molecule has 0 aromatic carbocycles. The van der Waals surface area contributed by atoms with Gasteiger partial charge in [-0.25, -0.2) is 9.89 Å². The van der Waals surface area contributed by atoms with E-state index in [1.165, 1.54) is 11.8 Å². The fraction of sp³-hybridized carbons (Fsp3) is 0.636. The third-order valence-electron chi connectivity index (χ3n) is 2.56. The van der Waals surface area contributed by atoms with E-state index in [0.717, 1.165) is 0 Å². The van der Waals surface area contributed by atoms with Crippen LogP contribution in [0.4, 0.5) is 0 Å². The number of H-pyrrole nitrogens is 1. The summed E-state index contributed by atoms with van der Waals surface area (Å²) in [4.78, 5) is 15.8. The SMILES string of the molecule is CC(C)n1c(SCc2nc(C(C)(C)N)no2)n[nH]c1=O. The molecule has 0 aliphatic heterocycles. The molecule has 2 heterocycles. The normalized spacial score (nSPS) is 12.3. The summed E-state index contributed by atoms with van der Waals surface area (Å²) < 4.78 is 6.71. The average Bonchev–Trinajstić information content (AvgIpc) is 2.91. The summed E-state index contributed by atoms with van der Waals surface area (Å²) in [6, 6.07) is 0.0324. The molecule has 8 nitrogen and oxygen atoms in total. The van der Waals surface area contributed by atoms with Gasteiger partial charge in [-0.3, -0.25) is 4.57 Å². The summed E-state index contributed by atoms with van der Waals surface area (Å²) in [5.41, 5.74) is 5.02. The first-order valence-electron chi connectivity index (χ1n) is 6.20. The van der Waals surface area contributed by atoms with E-state index in [1.54, 1.807) is 18.4 Å². The Morgan fingerprint density at radius 2 is 2.20 bits per heavy atom. The molecule has 0 atom stereocenters. The van der Waals surface area contributed by atoms with E-state index in [9.17, 15) is 4.79 Å². The summed E-state index contributed by atoms with van der Waals surface area (Å²) in [7, 11) is 0. The van der Waals surface area contributed by atoms with Gasteiger partial charge in [0.15, 0.2) is 11.0 Å². The van der Waals surface area contributed by atoms with Crippen LogP contribution in [-0.4, -0.2) is 24.9 Å². The van der Waals surface area contributed by atoms with E-state index in [-0.39, 0.29) is 11.7 Å². The highest BCUT2D eigenvalue weighted by Gasteiger charge is 2.22. The molecule has 0 saturated carbocycles. The summed E-state index contributed by atoms with van der Waals surface area (Å²) >= 11 is 1.36. The monoisotopic (exact) mass is 298 g/mol. The van der Waals surface area contributed by atoms with Gasteiger partial charge in [-0.1, -0.05) is 16.9 Å². The molecule has 0 fully saturated rings. The number of nitrogens with one attached hydrogen (secondary N) is 1. The van der Waals surface area contributed by atoms with Gasteiger partial charge in [0.1, 0.15) is 0 Å². The number of hydrogen-bond acceptors (Lipinski definition) is 7. The lowest BCUT2D eigenvalue weighted by atomic mass is 10.1. The first kappa shape index (κ1) is 14.8. The lowest BCUT2D eigenvalue weighted by Crippen LogP contribution is -2.30. The van der Waals surface area contributed by atoms with Crippen molar-refractivity contribution in [2.75, 3.05) is 0 Å². The van der Waals surface area contributed by atoms with Gasteiger partial charge in [0.05, 0.1) is 11.3 Å². The van der Waals surface area contributed by atoms with E-state index < -0.39 is 5.54 Å². The average molecular weight is 298 g/mol. The molecule has 0 aliphatic carbocycles. The standard InChI is InChI=1S/C11H18N6O2S/c1-6(2)17-9(18)14-15-10(17)20-5-7-13-8(16-19-7)11(3,4)12/h6H,5,12H2,1-4H3,(H,14,18). The third-order valence-corrected chi connectivity index (χ3v) is 3.50. The zero-order chi connectivity index (χ0) is 14.9. The Morgan fingerprint density at radius 3 is 2.75 bits per heavy atom. The van der Waals surface area contributed by atoms with Crippen molar-refractivity contribution < 1.29 is 4.52 Å². The molecule has 3 N–H and O–H groups in total. The van der Waals surface area contributed by atoms with Crippen molar-refractivity contribution in [3.63, 3.8) is 0 Å². The number of hydrogen-bond donors (Lipinski definition) is 2. The Kier molecular flexibility index (Phi) is 4.00. The molecule has 20 heavy (non-hydrogen) atoms. The van der Waals surface area contributed by atoms with Gasteiger partial charge in [-0.05, 0) is 27.7 Å². The minimum absolute atomic E-state index is 0.0324. The molecule has 0 saturated heterocycles. The van der Waals surface area contributed by atoms with Gasteiger partial charge >= 0.3 is 5.69 Å². The number of aromatic amines is 1. The molecule has 2 aromatic rings. The van der Waals surface area contributed by atoms with Crippen LogP contribution in [0.15, 0.2) is 14.5 Å². The van der Waals surface area contributed by atoms with Crippen molar-refractivity contribution in [2.45, 2.75) is 50.2 Å². The molecule has 0 aliphatic rings. The molecule has 0 spiro atoms. The van der Waals surface area contributed by atoms with E-state index in [4.69, 9.17) is 10.3 Å². The number of nitrogens with zero attached hydrogens (tertiary/aromatic N) is 4. The van der Waals surface area contributed by atoms with E-state index >= 15 is 0 Å². The Bertz CT molecular complexity index is 636. The van der Waals surface area contributed by atoms with Crippen LogP contribution in [0.2, 0.25) is 0 Å². The zero-order valence-corrected chi connectivity index (χ0v) is 12.7. The van der Waals surface area contributed by atoms with E-state index in [2.05, 4.69) is 20.3 Å². The van der Waals surface area contributed by atoms with Crippen LogP contribution in [0, 0.1) is 0 Å². The van der Waals surface area contributed by atoms with Crippen molar-refractivity contribution in [3.05, 3.63) is 22.2 Å². The van der Waals surface area contributed by atoms with Gasteiger partial charge in [0, 0.05) is 6.04 Å². The molecule has 0 radical (unpaired) electrons. The molecular formula is C11H18N6O2S. The number of aromatic nitrogens is 5. The van der Waals surface area contributed by atoms with Crippen LogP contribution in [0.3, 0.4) is 0 Å². The fourth-order valence-electron chi connectivity index (χ4n) is 1.55. The summed E-state index contributed by atoms with van der Waals surface area (Å²) in [6.45, 7) is 7.45.